The lowest BCUT2D eigenvalue weighted by atomic mass is 10.1. The van der Waals surface area contributed by atoms with E-state index in [9.17, 15) is 8.42 Å². The topological polar surface area (TPSA) is 66.8 Å². The molecule has 0 saturated heterocycles. The number of anilines is 1. The van der Waals surface area contributed by atoms with Crippen molar-refractivity contribution in [1.82, 2.24) is 0 Å². The Hall–Kier alpha value is -1.53. The first-order valence-electron chi connectivity index (χ1n) is 6.04. The molecular formula is C13H17NO4S. The van der Waals surface area contributed by atoms with Gasteiger partial charge in [-0.1, -0.05) is 12.2 Å². The van der Waals surface area contributed by atoms with E-state index in [4.69, 9.17) is 9.29 Å². The van der Waals surface area contributed by atoms with E-state index in [0.29, 0.717) is 13.0 Å². The summed E-state index contributed by atoms with van der Waals surface area (Å²) >= 11 is 0. The van der Waals surface area contributed by atoms with Crippen LogP contribution in [0, 0.1) is 0 Å². The summed E-state index contributed by atoms with van der Waals surface area (Å²) in [5, 5.41) is 0. The van der Waals surface area contributed by atoms with Crippen LogP contribution in [0.3, 0.4) is 0 Å². The SMILES string of the molecule is COc1ccc2c(c1)C=CCN2CCCS(=O)(=O)O. The molecule has 1 aromatic carbocycles. The quantitative estimate of drug-likeness (QED) is 0.835. The molecule has 0 spiro atoms. The highest BCUT2D eigenvalue weighted by Gasteiger charge is 2.14. The molecule has 5 nitrogen and oxygen atoms in total. The molecule has 0 saturated carbocycles. The van der Waals surface area contributed by atoms with Crippen LogP contribution < -0.4 is 9.64 Å². The summed E-state index contributed by atoms with van der Waals surface area (Å²) in [6.45, 7) is 1.33. The molecule has 1 heterocycles. The maximum atomic E-state index is 10.7. The number of fused-ring (bicyclic) bond motifs is 1. The minimum Gasteiger partial charge on any atom is -0.497 e. The number of rotatable bonds is 5. The fourth-order valence-corrected chi connectivity index (χ4v) is 2.63. The molecule has 0 atom stereocenters. The summed E-state index contributed by atoms with van der Waals surface area (Å²) in [5.74, 6) is 0.585. The summed E-state index contributed by atoms with van der Waals surface area (Å²) in [7, 11) is -2.25. The van der Waals surface area contributed by atoms with Gasteiger partial charge in [-0.25, -0.2) is 0 Å². The molecule has 0 aliphatic carbocycles. The van der Waals surface area contributed by atoms with Crippen LogP contribution >= 0.6 is 0 Å². The summed E-state index contributed by atoms with van der Waals surface area (Å²) < 4.78 is 35.3. The minimum absolute atomic E-state index is 0.210. The predicted molar refractivity (Wildman–Crippen MR) is 75.3 cm³/mol. The molecular weight excluding hydrogens is 266 g/mol. The maximum Gasteiger partial charge on any atom is 0.264 e. The first-order valence-corrected chi connectivity index (χ1v) is 7.65. The Labute approximate surface area is 113 Å². The fraction of sp³-hybridized carbons (Fsp3) is 0.385. The van der Waals surface area contributed by atoms with E-state index in [-0.39, 0.29) is 5.75 Å². The van der Waals surface area contributed by atoms with Crippen LogP contribution in [-0.4, -0.2) is 38.9 Å². The van der Waals surface area contributed by atoms with Gasteiger partial charge in [0.1, 0.15) is 5.75 Å². The molecule has 1 N–H and O–H groups in total. The number of nitrogens with zero attached hydrogens (tertiary/aromatic N) is 1. The molecule has 1 aromatic rings. The van der Waals surface area contributed by atoms with Crippen LogP contribution in [0.25, 0.3) is 6.08 Å². The predicted octanol–water partition coefficient (Wildman–Crippen LogP) is 1.81. The normalized spacial score (nSPS) is 14.3. The average Bonchev–Trinajstić information content (AvgIpc) is 2.37. The van der Waals surface area contributed by atoms with Gasteiger partial charge in [-0.3, -0.25) is 4.55 Å². The smallest absolute Gasteiger partial charge is 0.264 e. The molecule has 0 aromatic heterocycles. The summed E-state index contributed by atoms with van der Waals surface area (Å²) in [6.07, 6.45) is 4.45. The monoisotopic (exact) mass is 283 g/mol. The second-order valence-electron chi connectivity index (χ2n) is 4.41. The lowest BCUT2D eigenvalue weighted by molar-refractivity contribution is 0.414. The van der Waals surface area contributed by atoms with E-state index in [1.807, 2.05) is 30.4 Å². The van der Waals surface area contributed by atoms with Crippen molar-refractivity contribution in [2.75, 3.05) is 30.9 Å². The number of methoxy groups -OCH3 is 1. The molecule has 0 bridgehead atoms. The minimum atomic E-state index is -3.88. The summed E-state index contributed by atoms with van der Waals surface area (Å²) in [6, 6.07) is 5.79. The van der Waals surface area contributed by atoms with E-state index in [1.54, 1.807) is 7.11 Å². The van der Waals surface area contributed by atoms with Crippen LogP contribution in [-0.2, 0) is 10.1 Å². The van der Waals surface area contributed by atoms with Gasteiger partial charge in [0.2, 0.25) is 0 Å². The summed E-state index contributed by atoms with van der Waals surface area (Å²) in [5.41, 5.74) is 2.11. The molecule has 0 radical (unpaired) electrons. The van der Waals surface area contributed by atoms with E-state index in [0.717, 1.165) is 23.5 Å². The third kappa shape index (κ3) is 3.71. The number of ether oxygens (including phenoxy) is 1. The maximum absolute atomic E-state index is 10.7. The first-order chi connectivity index (χ1) is 8.99. The fourth-order valence-electron chi connectivity index (χ4n) is 2.14. The van der Waals surface area contributed by atoms with Crippen molar-refractivity contribution in [2.24, 2.45) is 0 Å². The summed E-state index contributed by atoms with van der Waals surface area (Å²) in [4.78, 5) is 2.08. The van der Waals surface area contributed by atoms with Gasteiger partial charge < -0.3 is 9.64 Å². The van der Waals surface area contributed by atoms with Gasteiger partial charge in [-0.05, 0) is 24.6 Å². The van der Waals surface area contributed by atoms with E-state index in [2.05, 4.69) is 4.90 Å². The third-order valence-electron chi connectivity index (χ3n) is 3.03. The Bertz CT molecular complexity index is 580. The van der Waals surface area contributed by atoms with Gasteiger partial charge in [-0.15, -0.1) is 0 Å². The van der Waals surface area contributed by atoms with Crippen molar-refractivity contribution in [3.05, 3.63) is 29.8 Å². The molecule has 0 unspecified atom stereocenters. The van der Waals surface area contributed by atoms with Gasteiger partial charge >= 0.3 is 0 Å². The Kier molecular flexibility index (Phi) is 4.11. The standard InChI is InChI=1S/C13H17NO4S/c1-18-12-5-6-13-11(10-12)4-2-7-14(13)8-3-9-19(15,16)17/h2,4-6,10H,3,7-9H2,1H3,(H,15,16,17). The average molecular weight is 283 g/mol. The molecule has 0 amide bonds. The largest absolute Gasteiger partial charge is 0.497 e. The zero-order valence-corrected chi connectivity index (χ0v) is 11.6. The second-order valence-corrected chi connectivity index (χ2v) is 5.98. The first kappa shape index (κ1) is 13.9. The number of hydrogen-bond acceptors (Lipinski definition) is 4. The highest BCUT2D eigenvalue weighted by Crippen LogP contribution is 2.29. The van der Waals surface area contributed by atoms with Crippen LogP contribution in [0.2, 0.25) is 0 Å². The van der Waals surface area contributed by atoms with Crippen molar-refractivity contribution in [3.63, 3.8) is 0 Å². The molecule has 0 fully saturated rings. The molecule has 19 heavy (non-hydrogen) atoms. The van der Waals surface area contributed by atoms with E-state index >= 15 is 0 Å². The molecule has 2 rings (SSSR count). The molecule has 6 heteroatoms. The van der Waals surface area contributed by atoms with Crippen LogP contribution in [0.1, 0.15) is 12.0 Å². The van der Waals surface area contributed by atoms with Crippen molar-refractivity contribution >= 4 is 21.9 Å². The van der Waals surface area contributed by atoms with Gasteiger partial charge in [0, 0.05) is 24.3 Å². The lowest BCUT2D eigenvalue weighted by Crippen LogP contribution is -2.28. The van der Waals surface area contributed by atoms with Gasteiger partial charge in [0.25, 0.3) is 10.1 Å². The Morgan fingerprint density at radius 1 is 1.42 bits per heavy atom. The molecule has 1 aliphatic rings. The van der Waals surface area contributed by atoms with Crippen LogP contribution in [0.5, 0.6) is 5.75 Å². The van der Waals surface area contributed by atoms with Crippen LogP contribution in [0.4, 0.5) is 5.69 Å². The van der Waals surface area contributed by atoms with Crippen molar-refractivity contribution in [2.45, 2.75) is 6.42 Å². The Morgan fingerprint density at radius 2 is 2.21 bits per heavy atom. The number of benzene rings is 1. The third-order valence-corrected chi connectivity index (χ3v) is 3.83. The Balaban J connectivity index is 2.08. The van der Waals surface area contributed by atoms with Crippen molar-refractivity contribution in [1.29, 1.82) is 0 Å². The Morgan fingerprint density at radius 3 is 2.89 bits per heavy atom. The van der Waals surface area contributed by atoms with Crippen molar-refractivity contribution < 1.29 is 17.7 Å². The van der Waals surface area contributed by atoms with E-state index < -0.39 is 10.1 Å². The zero-order chi connectivity index (χ0) is 13.9. The molecule has 104 valence electrons. The van der Waals surface area contributed by atoms with Crippen LogP contribution in [0.15, 0.2) is 24.3 Å². The lowest BCUT2D eigenvalue weighted by Gasteiger charge is -2.28. The second kappa shape index (κ2) is 5.63. The van der Waals surface area contributed by atoms with E-state index in [1.165, 1.54) is 0 Å². The van der Waals surface area contributed by atoms with Gasteiger partial charge in [-0.2, -0.15) is 8.42 Å². The van der Waals surface area contributed by atoms with Gasteiger partial charge in [0.05, 0.1) is 12.9 Å². The number of hydrogen-bond donors (Lipinski definition) is 1. The highest BCUT2D eigenvalue weighted by atomic mass is 32.2. The molecule has 1 aliphatic heterocycles. The van der Waals surface area contributed by atoms with Gasteiger partial charge in [0.15, 0.2) is 0 Å². The zero-order valence-electron chi connectivity index (χ0n) is 10.7. The highest BCUT2D eigenvalue weighted by molar-refractivity contribution is 7.85. The van der Waals surface area contributed by atoms with Crippen molar-refractivity contribution in [3.8, 4) is 5.75 Å².